The fraction of sp³-hybridized carbons (Fsp3) is 0.250. The Balaban J connectivity index is 1.90. The maximum Gasteiger partial charge on any atom is -0.00626 e. The zero-order valence-corrected chi connectivity index (χ0v) is 15.0. The van der Waals surface area contributed by atoms with Crippen molar-refractivity contribution >= 4 is 16.3 Å². The van der Waals surface area contributed by atoms with Crippen molar-refractivity contribution in [3.63, 3.8) is 0 Å². The molecule has 4 rings (SSSR count). The highest BCUT2D eigenvalue weighted by atomic mass is 14.3. The Labute approximate surface area is 144 Å². The van der Waals surface area contributed by atoms with Gasteiger partial charge in [0, 0.05) is 0 Å². The molecule has 3 aromatic carbocycles. The zero-order chi connectivity index (χ0) is 16.9. The standard InChI is InChI=1S/C24H24/c1-16-5-7-18(8-6-16)19-9-10-20-15-23-22(14-21(20)13-19)17(2)11-12-24(23,3)4/h5-11,13-15H,12H2,1-4H3. The van der Waals surface area contributed by atoms with Gasteiger partial charge in [-0.1, -0.05) is 61.9 Å². The van der Waals surface area contributed by atoms with Crippen molar-refractivity contribution in [2.45, 2.75) is 39.5 Å². The van der Waals surface area contributed by atoms with Gasteiger partial charge >= 0.3 is 0 Å². The molecule has 0 unspecified atom stereocenters. The summed E-state index contributed by atoms with van der Waals surface area (Å²) in [4.78, 5) is 0. The van der Waals surface area contributed by atoms with Crippen LogP contribution in [0.5, 0.6) is 0 Å². The molecule has 0 amide bonds. The molecule has 0 aliphatic heterocycles. The Morgan fingerprint density at radius 2 is 1.46 bits per heavy atom. The average molecular weight is 312 g/mol. The van der Waals surface area contributed by atoms with Gasteiger partial charge in [0.2, 0.25) is 0 Å². The highest BCUT2D eigenvalue weighted by molar-refractivity contribution is 5.92. The lowest BCUT2D eigenvalue weighted by molar-refractivity contribution is 0.527. The van der Waals surface area contributed by atoms with Crippen LogP contribution in [0.2, 0.25) is 0 Å². The summed E-state index contributed by atoms with van der Waals surface area (Å²) in [5.41, 5.74) is 8.41. The first-order valence-corrected chi connectivity index (χ1v) is 8.76. The van der Waals surface area contributed by atoms with Crippen LogP contribution in [0.4, 0.5) is 0 Å². The average Bonchev–Trinajstić information content (AvgIpc) is 2.58. The van der Waals surface area contributed by atoms with Crippen LogP contribution < -0.4 is 0 Å². The number of allylic oxidation sites excluding steroid dienone is 2. The van der Waals surface area contributed by atoms with E-state index in [1.54, 1.807) is 0 Å². The minimum atomic E-state index is 0.221. The molecule has 0 saturated carbocycles. The Morgan fingerprint density at radius 3 is 2.21 bits per heavy atom. The second kappa shape index (κ2) is 5.34. The fourth-order valence-corrected chi connectivity index (χ4v) is 3.74. The molecule has 1 aliphatic carbocycles. The van der Waals surface area contributed by atoms with Crippen molar-refractivity contribution in [2.75, 3.05) is 0 Å². The maximum absolute atomic E-state index is 2.40. The molecular formula is C24H24. The molecule has 0 N–H and O–H groups in total. The van der Waals surface area contributed by atoms with Crippen molar-refractivity contribution in [3.8, 4) is 11.1 Å². The largest absolute Gasteiger partial charge is 0.0801 e. The van der Waals surface area contributed by atoms with E-state index in [0.717, 1.165) is 6.42 Å². The first-order valence-electron chi connectivity index (χ1n) is 8.76. The molecule has 120 valence electrons. The summed E-state index contributed by atoms with van der Waals surface area (Å²) >= 11 is 0. The second-order valence-electron chi connectivity index (χ2n) is 7.80. The summed E-state index contributed by atoms with van der Waals surface area (Å²) in [6.45, 7) is 9.07. The van der Waals surface area contributed by atoms with E-state index in [1.165, 1.54) is 44.2 Å². The summed E-state index contributed by atoms with van der Waals surface area (Å²) < 4.78 is 0. The summed E-state index contributed by atoms with van der Waals surface area (Å²) in [5.74, 6) is 0. The monoisotopic (exact) mass is 312 g/mol. The topological polar surface area (TPSA) is 0 Å². The first kappa shape index (κ1) is 15.2. The molecule has 0 nitrogen and oxygen atoms in total. The van der Waals surface area contributed by atoms with Crippen LogP contribution in [0.15, 0.2) is 60.7 Å². The number of rotatable bonds is 1. The number of fused-ring (bicyclic) bond motifs is 2. The molecule has 0 aromatic heterocycles. The van der Waals surface area contributed by atoms with Crippen molar-refractivity contribution in [3.05, 3.63) is 77.4 Å². The van der Waals surface area contributed by atoms with E-state index in [-0.39, 0.29) is 5.41 Å². The van der Waals surface area contributed by atoms with E-state index in [1.807, 2.05) is 0 Å². The molecule has 0 spiro atoms. The van der Waals surface area contributed by atoms with Gasteiger partial charge in [0.05, 0.1) is 0 Å². The quantitative estimate of drug-likeness (QED) is 0.458. The molecular weight excluding hydrogens is 288 g/mol. The number of hydrogen-bond acceptors (Lipinski definition) is 0. The van der Waals surface area contributed by atoms with Crippen molar-refractivity contribution in [1.82, 2.24) is 0 Å². The van der Waals surface area contributed by atoms with E-state index in [4.69, 9.17) is 0 Å². The predicted molar refractivity (Wildman–Crippen MR) is 105 cm³/mol. The van der Waals surface area contributed by atoms with Crippen molar-refractivity contribution in [1.29, 1.82) is 0 Å². The first-order chi connectivity index (χ1) is 11.4. The number of aryl methyl sites for hydroxylation is 1. The minimum Gasteiger partial charge on any atom is -0.0801 e. The van der Waals surface area contributed by atoms with E-state index in [2.05, 4.69) is 88.4 Å². The van der Waals surface area contributed by atoms with Crippen molar-refractivity contribution < 1.29 is 0 Å². The van der Waals surface area contributed by atoms with Gasteiger partial charge in [-0.15, -0.1) is 0 Å². The lowest BCUT2D eigenvalue weighted by Gasteiger charge is -2.31. The molecule has 0 heterocycles. The maximum atomic E-state index is 2.40. The van der Waals surface area contributed by atoms with Gasteiger partial charge in [0.25, 0.3) is 0 Å². The Bertz CT molecular complexity index is 953. The SMILES string of the molecule is CC1=CCC(C)(C)c2cc3ccc(-c4ccc(C)cc4)cc3cc21. The summed E-state index contributed by atoms with van der Waals surface area (Å²) in [6, 6.07) is 20.4. The Morgan fingerprint density at radius 1 is 0.750 bits per heavy atom. The Kier molecular flexibility index (Phi) is 3.38. The lowest BCUT2D eigenvalue weighted by Crippen LogP contribution is -2.21. The molecule has 3 aromatic rings. The summed E-state index contributed by atoms with van der Waals surface area (Å²) in [6.07, 6.45) is 3.51. The number of hydrogen-bond donors (Lipinski definition) is 0. The van der Waals surface area contributed by atoms with Crippen LogP contribution >= 0.6 is 0 Å². The van der Waals surface area contributed by atoms with Gasteiger partial charge in [-0.3, -0.25) is 0 Å². The summed E-state index contributed by atoms with van der Waals surface area (Å²) in [7, 11) is 0. The zero-order valence-electron chi connectivity index (χ0n) is 15.0. The van der Waals surface area contributed by atoms with E-state index >= 15 is 0 Å². The predicted octanol–water partition coefficient (Wildman–Crippen LogP) is 6.90. The molecule has 0 saturated heterocycles. The Hall–Kier alpha value is -2.34. The van der Waals surface area contributed by atoms with Crippen LogP contribution in [0.1, 0.15) is 43.9 Å². The van der Waals surface area contributed by atoms with Gasteiger partial charge in [-0.2, -0.15) is 0 Å². The third kappa shape index (κ3) is 2.47. The van der Waals surface area contributed by atoms with Crippen LogP contribution in [0, 0.1) is 6.92 Å². The molecule has 0 heteroatoms. The van der Waals surface area contributed by atoms with Crippen LogP contribution in [-0.4, -0.2) is 0 Å². The molecule has 0 radical (unpaired) electrons. The summed E-state index contributed by atoms with van der Waals surface area (Å²) in [5, 5.41) is 2.67. The van der Waals surface area contributed by atoms with Crippen LogP contribution in [-0.2, 0) is 5.41 Å². The molecule has 0 atom stereocenters. The lowest BCUT2D eigenvalue weighted by atomic mass is 9.73. The van der Waals surface area contributed by atoms with Gasteiger partial charge in [0.1, 0.15) is 0 Å². The third-order valence-electron chi connectivity index (χ3n) is 5.43. The van der Waals surface area contributed by atoms with E-state index < -0.39 is 0 Å². The van der Waals surface area contributed by atoms with Gasteiger partial charge in [0.15, 0.2) is 0 Å². The molecule has 0 bridgehead atoms. The van der Waals surface area contributed by atoms with Crippen LogP contribution in [0.25, 0.3) is 27.5 Å². The van der Waals surface area contributed by atoms with Crippen LogP contribution in [0.3, 0.4) is 0 Å². The molecule has 24 heavy (non-hydrogen) atoms. The second-order valence-corrected chi connectivity index (χ2v) is 7.80. The molecule has 1 aliphatic rings. The van der Waals surface area contributed by atoms with Crippen molar-refractivity contribution in [2.24, 2.45) is 0 Å². The normalized spacial score (nSPS) is 15.9. The van der Waals surface area contributed by atoms with Gasteiger partial charge in [-0.05, 0) is 82.5 Å². The molecule has 0 fully saturated rings. The third-order valence-corrected chi connectivity index (χ3v) is 5.43. The smallest absolute Gasteiger partial charge is 0.00626 e. The van der Waals surface area contributed by atoms with E-state index in [9.17, 15) is 0 Å². The minimum absolute atomic E-state index is 0.221. The fourth-order valence-electron chi connectivity index (χ4n) is 3.74. The highest BCUT2D eigenvalue weighted by Crippen LogP contribution is 2.41. The number of benzene rings is 3. The van der Waals surface area contributed by atoms with Gasteiger partial charge < -0.3 is 0 Å². The highest BCUT2D eigenvalue weighted by Gasteiger charge is 2.27. The van der Waals surface area contributed by atoms with E-state index in [0.29, 0.717) is 0 Å². The van der Waals surface area contributed by atoms with Gasteiger partial charge in [-0.25, -0.2) is 0 Å².